The number of nitrogens with two attached hydrogens (primary N) is 1. The Morgan fingerprint density at radius 2 is 2.25 bits per heavy atom. The molecule has 0 aliphatic rings. The standard InChI is InChI=1S/C8H7N2O2/c9-8(12)6-2-1-3-7(4-6)10-5-11/h1-4H,(H2,9,12)(H,10,11). The molecule has 3 N–H and O–H groups in total. The van der Waals surface area contributed by atoms with Gasteiger partial charge in [0, 0.05) is 11.3 Å². The minimum Gasteiger partial charge on any atom is -0.366 e. The maximum absolute atomic E-state index is 10.7. The van der Waals surface area contributed by atoms with Gasteiger partial charge >= 0.3 is 6.41 Å². The average molecular weight is 163 g/mol. The molecule has 0 aromatic heterocycles. The van der Waals surface area contributed by atoms with Crippen molar-refractivity contribution in [2.24, 2.45) is 5.73 Å². The van der Waals surface area contributed by atoms with Crippen molar-refractivity contribution in [1.82, 2.24) is 0 Å². The van der Waals surface area contributed by atoms with Crippen molar-refractivity contribution >= 4 is 18.0 Å². The first-order chi connectivity index (χ1) is 5.74. The summed E-state index contributed by atoms with van der Waals surface area (Å²) >= 11 is 0. The van der Waals surface area contributed by atoms with Crippen LogP contribution in [-0.4, -0.2) is 12.3 Å². The smallest absolute Gasteiger partial charge is 0.314 e. The Labute approximate surface area is 69.4 Å². The summed E-state index contributed by atoms with van der Waals surface area (Å²) in [6.45, 7) is 0. The summed E-state index contributed by atoms with van der Waals surface area (Å²) in [5, 5.41) is 2.29. The molecule has 4 nitrogen and oxygen atoms in total. The second-order valence-corrected chi connectivity index (χ2v) is 2.17. The zero-order valence-corrected chi connectivity index (χ0v) is 6.20. The molecule has 0 bridgehead atoms. The van der Waals surface area contributed by atoms with Crippen molar-refractivity contribution < 1.29 is 9.59 Å². The van der Waals surface area contributed by atoms with E-state index in [-0.39, 0.29) is 0 Å². The number of carbonyl (C=O) groups is 1. The minimum absolute atomic E-state index is 0.357. The number of primary amides is 1. The first-order valence-corrected chi connectivity index (χ1v) is 3.27. The lowest BCUT2D eigenvalue weighted by molar-refractivity contribution is 0.100. The maximum atomic E-state index is 10.7. The van der Waals surface area contributed by atoms with Crippen molar-refractivity contribution in [2.45, 2.75) is 0 Å². The summed E-state index contributed by atoms with van der Waals surface area (Å²) in [4.78, 5) is 20.6. The average Bonchev–Trinajstić information content (AvgIpc) is 2.05. The molecule has 0 spiro atoms. The maximum Gasteiger partial charge on any atom is 0.314 e. The summed E-state index contributed by atoms with van der Waals surface area (Å²) in [5.74, 6) is -0.524. The molecule has 4 heteroatoms. The van der Waals surface area contributed by atoms with Crippen LogP contribution < -0.4 is 11.1 Å². The number of hydrogen-bond donors (Lipinski definition) is 2. The Morgan fingerprint density at radius 3 is 2.83 bits per heavy atom. The molecule has 1 aromatic carbocycles. The van der Waals surface area contributed by atoms with Crippen LogP contribution in [0.25, 0.3) is 0 Å². The molecule has 0 atom stereocenters. The fraction of sp³-hybridized carbons (Fsp3) is 0. The van der Waals surface area contributed by atoms with Crippen LogP contribution >= 0.6 is 0 Å². The van der Waals surface area contributed by atoms with E-state index in [2.05, 4.69) is 5.32 Å². The van der Waals surface area contributed by atoms with E-state index in [1.807, 2.05) is 0 Å². The molecule has 12 heavy (non-hydrogen) atoms. The van der Waals surface area contributed by atoms with Gasteiger partial charge in [-0.1, -0.05) is 6.07 Å². The Kier molecular flexibility index (Phi) is 2.42. The molecule has 61 valence electrons. The van der Waals surface area contributed by atoms with Crippen LogP contribution in [-0.2, 0) is 4.79 Å². The van der Waals surface area contributed by atoms with E-state index in [1.54, 1.807) is 18.2 Å². The van der Waals surface area contributed by atoms with Gasteiger partial charge in [0.2, 0.25) is 5.91 Å². The van der Waals surface area contributed by atoms with Crippen molar-refractivity contribution in [1.29, 1.82) is 0 Å². The highest BCUT2D eigenvalue weighted by atomic mass is 16.1. The SMILES string of the molecule is NC(=O)c1cccc(N[C]=O)c1. The monoisotopic (exact) mass is 163 g/mol. The van der Waals surface area contributed by atoms with Gasteiger partial charge in [-0.15, -0.1) is 0 Å². The van der Waals surface area contributed by atoms with Gasteiger partial charge in [-0.05, 0) is 18.2 Å². The lowest BCUT2D eigenvalue weighted by Gasteiger charge is -1.98. The molecule has 1 rings (SSSR count). The van der Waals surface area contributed by atoms with Crippen LogP contribution in [0.5, 0.6) is 0 Å². The molecular formula is C8H7N2O2. The van der Waals surface area contributed by atoms with E-state index in [4.69, 9.17) is 5.73 Å². The van der Waals surface area contributed by atoms with Crippen LogP contribution in [0.15, 0.2) is 24.3 Å². The third-order valence-corrected chi connectivity index (χ3v) is 1.34. The zero-order chi connectivity index (χ0) is 8.97. The van der Waals surface area contributed by atoms with E-state index in [9.17, 15) is 9.59 Å². The highest BCUT2D eigenvalue weighted by Crippen LogP contribution is 2.08. The molecule has 0 heterocycles. The summed E-state index contributed by atoms with van der Waals surface area (Å²) in [7, 11) is 0. The predicted molar refractivity (Wildman–Crippen MR) is 44.3 cm³/mol. The van der Waals surface area contributed by atoms with Gasteiger partial charge < -0.3 is 11.1 Å². The molecule has 2 amide bonds. The van der Waals surface area contributed by atoms with Gasteiger partial charge in [0.25, 0.3) is 0 Å². The van der Waals surface area contributed by atoms with Gasteiger partial charge in [-0.25, -0.2) is 0 Å². The summed E-state index contributed by atoms with van der Waals surface area (Å²) in [5.41, 5.74) is 5.87. The van der Waals surface area contributed by atoms with Crippen LogP contribution in [0.3, 0.4) is 0 Å². The number of amides is 2. The van der Waals surface area contributed by atoms with Crippen molar-refractivity contribution in [3.05, 3.63) is 29.8 Å². The Morgan fingerprint density at radius 1 is 1.50 bits per heavy atom. The van der Waals surface area contributed by atoms with E-state index < -0.39 is 5.91 Å². The van der Waals surface area contributed by atoms with Crippen LogP contribution in [0, 0.1) is 0 Å². The van der Waals surface area contributed by atoms with Crippen molar-refractivity contribution in [2.75, 3.05) is 5.32 Å². The minimum atomic E-state index is -0.524. The Hall–Kier alpha value is -1.84. The fourth-order valence-corrected chi connectivity index (χ4v) is 0.809. The molecule has 0 fully saturated rings. The first-order valence-electron chi connectivity index (χ1n) is 3.27. The lowest BCUT2D eigenvalue weighted by Crippen LogP contribution is -2.11. The molecule has 0 aliphatic heterocycles. The summed E-state index contributed by atoms with van der Waals surface area (Å²) in [6, 6.07) is 6.31. The molecule has 0 saturated heterocycles. The number of benzene rings is 1. The van der Waals surface area contributed by atoms with Crippen molar-refractivity contribution in [3.63, 3.8) is 0 Å². The van der Waals surface area contributed by atoms with Crippen LogP contribution in [0.1, 0.15) is 10.4 Å². The molecule has 0 aliphatic carbocycles. The van der Waals surface area contributed by atoms with Crippen LogP contribution in [0.4, 0.5) is 5.69 Å². The molecule has 0 unspecified atom stereocenters. The second kappa shape index (κ2) is 3.52. The van der Waals surface area contributed by atoms with E-state index in [0.717, 1.165) is 0 Å². The highest BCUT2D eigenvalue weighted by molar-refractivity contribution is 5.94. The van der Waals surface area contributed by atoms with Gasteiger partial charge in [-0.2, -0.15) is 0 Å². The van der Waals surface area contributed by atoms with E-state index >= 15 is 0 Å². The third kappa shape index (κ3) is 1.82. The predicted octanol–water partition coefficient (Wildman–Crippen LogP) is 0.265. The third-order valence-electron chi connectivity index (χ3n) is 1.34. The van der Waals surface area contributed by atoms with Gasteiger partial charge in [-0.3, -0.25) is 9.59 Å². The Bertz CT molecular complexity index is 310. The number of nitrogens with one attached hydrogen (secondary N) is 1. The van der Waals surface area contributed by atoms with Gasteiger partial charge in [0.1, 0.15) is 0 Å². The quantitative estimate of drug-likeness (QED) is 0.627. The number of rotatable bonds is 3. The fourth-order valence-electron chi connectivity index (χ4n) is 0.809. The summed E-state index contributed by atoms with van der Waals surface area (Å²) < 4.78 is 0. The zero-order valence-electron chi connectivity index (χ0n) is 6.20. The Balaban J connectivity index is 2.95. The molecule has 1 radical (unpaired) electrons. The number of anilines is 1. The lowest BCUT2D eigenvalue weighted by atomic mass is 10.2. The highest BCUT2D eigenvalue weighted by Gasteiger charge is 1.99. The molecular weight excluding hydrogens is 156 g/mol. The van der Waals surface area contributed by atoms with Gasteiger partial charge in [0.05, 0.1) is 0 Å². The molecule has 1 aromatic rings. The summed E-state index contributed by atoms with van der Waals surface area (Å²) in [6.07, 6.45) is 1.50. The van der Waals surface area contributed by atoms with Crippen LogP contribution in [0.2, 0.25) is 0 Å². The second-order valence-electron chi connectivity index (χ2n) is 2.17. The largest absolute Gasteiger partial charge is 0.366 e. The van der Waals surface area contributed by atoms with Crippen molar-refractivity contribution in [3.8, 4) is 0 Å². The topological polar surface area (TPSA) is 72.2 Å². The molecule has 0 saturated carbocycles. The normalized spacial score (nSPS) is 9.00. The number of carbonyl (C=O) groups excluding carboxylic acids is 2. The first kappa shape index (κ1) is 8.26. The van der Waals surface area contributed by atoms with E-state index in [1.165, 1.54) is 12.5 Å². The number of hydrogen-bond acceptors (Lipinski definition) is 2. The van der Waals surface area contributed by atoms with E-state index in [0.29, 0.717) is 11.3 Å². The van der Waals surface area contributed by atoms with Gasteiger partial charge in [0.15, 0.2) is 0 Å².